The van der Waals surface area contributed by atoms with Crippen molar-refractivity contribution in [1.29, 1.82) is 0 Å². The third kappa shape index (κ3) is 4.22. The zero-order valence-electron chi connectivity index (χ0n) is 21.2. The lowest BCUT2D eigenvalue weighted by molar-refractivity contribution is -0.122. The Balaban J connectivity index is 0.000000883. The Kier molecular flexibility index (Phi) is 6.31. The fourth-order valence-corrected chi connectivity index (χ4v) is 5.77. The Morgan fingerprint density at radius 3 is 2.90 bits per heavy atom. The molecule has 0 aromatic carbocycles. The van der Waals surface area contributed by atoms with Gasteiger partial charge in [0.1, 0.15) is 11.6 Å². The molecular formula is C27H27FN8O3. The summed E-state index contributed by atoms with van der Waals surface area (Å²) in [6.07, 6.45) is 6.19. The number of halogens is 1. The number of rotatable bonds is 4. The number of amides is 1. The molecule has 0 radical (unpaired) electrons. The number of nitrogens with one attached hydrogen (secondary N) is 3. The van der Waals surface area contributed by atoms with Crippen LogP contribution >= 0.6 is 0 Å². The summed E-state index contributed by atoms with van der Waals surface area (Å²) in [6, 6.07) is 8.10. The molecule has 3 aliphatic heterocycles. The summed E-state index contributed by atoms with van der Waals surface area (Å²) in [6.45, 7) is 4.84. The number of pyridine rings is 3. The van der Waals surface area contributed by atoms with Crippen molar-refractivity contribution in [3.8, 4) is 11.4 Å². The fourth-order valence-electron chi connectivity index (χ4n) is 5.77. The van der Waals surface area contributed by atoms with Crippen molar-refractivity contribution < 1.29 is 19.1 Å². The molecule has 3 aliphatic rings. The van der Waals surface area contributed by atoms with Gasteiger partial charge in [-0.1, -0.05) is 6.07 Å². The monoisotopic (exact) mass is 530 g/mol. The molecule has 200 valence electrons. The first-order valence-electron chi connectivity index (χ1n) is 12.7. The summed E-state index contributed by atoms with van der Waals surface area (Å²) < 4.78 is 16.3. The first-order valence-corrected chi connectivity index (χ1v) is 12.7. The normalized spacial score (nSPS) is 19.3. The SMILES string of the molecule is Cc1ccn2c(-c3ncc(Nc4cccc(N5CC[C@@H]6CNC[C@@H]65)n4)c4c3CNC4=O)cnc2c1F.O=CO. The van der Waals surface area contributed by atoms with Gasteiger partial charge in [-0.15, -0.1) is 0 Å². The highest BCUT2D eigenvalue weighted by Crippen LogP contribution is 2.35. The lowest BCUT2D eigenvalue weighted by atomic mass is 10.1. The van der Waals surface area contributed by atoms with Crippen molar-refractivity contribution in [2.24, 2.45) is 5.92 Å². The number of fused-ring (bicyclic) bond motifs is 3. The third-order valence-electron chi connectivity index (χ3n) is 7.62. The second-order valence-electron chi connectivity index (χ2n) is 9.79. The molecule has 4 aromatic heterocycles. The lowest BCUT2D eigenvalue weighted by Gasteiger charge is -2.25. The number of nitrogens with zero attached hydrogens (tertiary/aromatic N) is 5. The Hall–Kier alpha value is -4.58. The number of aryl methyl sites for hydroxylation is 1. The van der Waals surface area contributed by atoms with Crippen LogP contribution in [0.25, 0.3) is 17.0 Å². The Morgan fingerprint density at radius 1 is 1.21 bits per heavy atom. The third-order valence-corrected chi connectivity index (χ3v) is 7.62. The van der Waals surface area contributed by atoms with Crippen molar-refractivity contribution in [3.05, 3.63) is 65.4 Å². The molecule has 4 N–H and O–H groups in total. The van der Waals surface area contributed by atoms with Gasteiger partial charge >= 0.3 is 0 Å². The molecule has 0 aliphatic carbocycles. The summed E-state index contributed by atoms with van der Waals surface area (Å²) in [4.78, 5) is 37.4. The predicted molar refractivity (Wildman–Crippen MR) is 143 cm³/mol. The van der Waals surface area contributed by atoms with Crippen molar-refractivity contribution in [1.82, 2.24) is 30.0 Å². The summed E-state index contributed by atoms with van der Waals surface area (Å²) in [5.41, 5.74) is 3.87. The highest BCUT2D eigenvalue weighted by atomic mass is 19.1. The summed E-state index contributed by atoms with van der Waals surface area (Å²) >= 11 is 0. The molecule has 1 amide bonds. The van der Waals surface area contributed by atoms with Gasteiger partial charge < -0.3 is 26.0 Å². The van der Waals surface area contributed by atoms with Crippen LogP contribution in [-0.2, 0) is 11.3 Å². The van der Waals surface area contributed by atoms with E-state index in [1.54, 1.807) is 36.0 Å². The van der Waals surface area contributed by atoms with E-state index in [0.29, 0.717) is 52.5 Å². The predicted octanol–water partition coefficient (Wildman–Crippen LogP) is 2.72. The largest absolute Gasteiger partial charge is 0.483 e. The van der Waals surface area contributed by atoms with Crippen LogP contribution in [0.1, 0.15) is 27.9 Å². The average molecular weight is 531 g/mol. The minimum absolute atomic E-state index is 0.178. The van der Waals surface area contributed by atoms with E-state index in [9.17, 15) is 9.18 Å². The van der Waals surface area contributed by atoms with Crippen molar-refractivity contribution in [3.63, 3.8) is 0 Å². The molecule has 12 heteroatoms. The summed E-state index contributed by atoms with van der Waals surface area (Å²) in [7, 11) is 0. The molecule has 0 unspecified atom stereocenters. The zero-order chi connectivity index (χ0) is 27.1. The molecule has 4 aromatic rings. The van der Waals surface area contributed by atoms with Crippen molar-refractivity contribution in [2.45, 2.75) is 25.9 Å². The Bertz CT molecular complexity index is 1590. The minimum atomic E-state index is -0.364. The fraction of sp³-hybridized carbons (Fsp3) is 0.296. The minimum Gasteiger partial charge on any atom is -0.483 e. The van der Waals surface area contributed by atoms with Gasteiger partial charge in [0.25, 0.3) is 12.4 Å². The van der Waals surface area contributed by atoms with Crippen molar-refractivity contribution in [2.75, 3.05) is 29.9 Å². The molecule has 2 atom stereocenters. The van der Waals surface area contributed by atoms with Gasteiger partial charge in [-0.2, -0.15) is 0 Å². The number of imidazole rings is 1. The topological polar surface area (TPSA) is 137 Å². The van der Waals surface area contributed by atoms with Gasteiger partial charge in [-0.05, 0) is 43.0 Å². The number of carbonyl (C=O) groups is 2. The molecule has 0 spiro atoms. The van der Waals surface area contributed by atoms with Gasteiger partial charge in [-0.25, -0.2) is 14.4 Å². The lowest BCUT2D eigenvalue weighted by Crippen LogP contribution is -2.34. The van der Waals surface area contributed by atoms with E-state index in [1.165, 1.54) is 6.42 Å². The number of anilines is 3. The zero-order valence-corrected chi connectivity index (χ0v) is 21.2. The highest BCUT2D eigenvalue weighted by Gasteiger charge is 2.38. The van der Waals surface area contributed by atoms with Crippen LogP contribution < -0.4 is 20.9 Å². The van der Waals surface area contributed by atoms with Gasteiger partial charge in [0.05, 0.1) is 35.0 Å². The van der Waals surface area contributed by atoms with Crippen LogP contribution in [0.2, 0.25) is 0 Å². The first-order chi connectivity index (χ1) is 19.0. The first kappa shape index (κ1) is 24.7. The van der Waals surface area contributed by atoms with E-state index < -0.39 is 0 Å². The second kappa shape index (κ2) is 9.95. The van der Waals surface area contributed by atoms with E-state index in [4.69, 9.17) is 14.9 Å². The van der Waals surface area contributed by atoms with Gasteiger partial charge in [0.2, 0.25) is 0 Å². The Labute approximate surface area is 223 Å². The molecule has 0 saturated carbocycles. The molecule has 2 fully saturated rings. The van der Waals surface area contributed by atoms with Crippen molar-refractivity contribution >= 4 is 35.3 Å². The van der Waals surface area contributed by atoms with Crippen LogP contribution in [0.3, 0.4) is 0 Å². The molecule has 39 heavy (non-hydrogen) atoms. The van der Waals surface area contributed by atoms with E-state index in [0.717, 1.165) is 31.0 Å². The Morgan fingerprint density at radius 2 is 2.05 bits per heavy atom. The summed E-state index contributed by atoms with van der Waals surface area (Å²) in [5, 5.41) is 16.6. The van der Waals surface area contributed by atoms with Gasteiger partial charge in [0.15, 0.2) is 11.5 Å². The number of hydrogen-bond donors (Lipinski definition) is 4. The van der Waals surface area contributed by atoms with Gasteiger partial charge in [0, 0.05) is 44.0 Å². The summed E-state index contributed by atoms with van der Waals surface area (Å²) in [5.74, 6) is 1.72. The van der Waals surface area contributed by atoms with Crippen LogP contribution in [-0.4, -0.2) is 62.5 Å². The molecule has 7 heterocycles. The molecule has 11 nitrogen and oxygen atoms in total. The molecule has 7 rings (SSSR count). The standard InChI is InChI=1S/C26H25FN8O.CH2O2/c1-14-5-7-35-19(13-30-25(35)23(14)27)24-16-10-31-26(36)22(16)17(11-29-24)32-20-3-2-4-21(33-20)34-8-6-15-9-28-12-18(15)34;2-1-3/h2-5,7,11,13,15,18,28H,6,8-10,12H2,1H3,(H,31,36)(H,32,33);1H,(H,2,3)/t15-,18+;/m1./s1. The number of aromatic nitrogens is 4. The van der Waals surface area contributed by atoms with Crippen LogP contribution in [0.5, 0.6) is 0 Å². The number of carboxylic acid groups (broad SMARTS) is 1. The molecule has 0 bridgehead atoms. The van der Waals surface area contributed by atoms with E-state index in [-0.39, 0.29) is 23.8 Å². The van der Waals surface area contributed by atoms with Gasteiger partial charge in [-0.3, -0.25) is 19.0 Å². The maximum atomic E-state index is 14.6. The highest BCUT2D eigenvalue weighted by molar-refractivity contribution is 6.05. The van der Waals surface area contributed by atoms with E-state index >= 15 is 0 Å². The van der Waals surface area contributed by atoms with Crippen LogP contribution in [0, 0.1) is 18.7 Å². The second-order valence-corrected chi connectivity index (χ2v) is 9.79. The number of hydrogen-bond acceptors (Lipinski definition) is 8. The quantitative estimate of drug-likeness (QED) is 0.294. The van der Waals surface area contributed by atoms with Crippen LogP contribution in [0.4, 0.5) is 21.7 Å². The maximum absolute atomic E-state index is 14.6. The smallest absolute Gasteiger partial charge is 0.290 e. The van der Waals surface area contributed by atoms with Crippen LogP contribution in [0.15, 0.2) is 42.9 Å². The van der Waals surface area contributed by atoms with E-state index in [2.05, 4.69) is 30.8 Å². The number of carbonyl (C=O) groups excluding carboxylic acids is 1. The maximum Gasteiger partial charge on any atom is 0.290 e. The average Bonchev–Trinajstić information content (AvgIpc) is 3.72. The molecule has 2 saturated heterocycles. The molecular weight excluding hydrogens is 503 g/mol. The van der Waals surface area contributed by atoms with E-state index in [1.807, 2.05) is 18.2 Å².